The summed E-state index contributed by atoms with van der Waals surface area (Å²) >= 11 is 0. The lowest BCUT2D eigenvalue weighted by molar-refractivity contribution is -0.140. The molecule has 0 saturated heterocycles. The van der Waals surface area contributed by atoms with Crippen molar-refractivity contribution in [3.8, 4) is 0 Å². The minimum absolute atomic E-state index is 0.180. The standard InChI is InChI=1S/C21H28NO4P/c1-16(2)25-27(26-17(3)4,22-19-14-10-7-11-15-19)20(21(23)24-5)18-12-8-6-9-13-18/h6-17,20H,1-5H3. The van der Waals surface area contributed by atoms with E-state index < -0.39 is 19.1 Å². The van der Waals surface area contributed by atoms with Crippen molar-refractivity contribution < 1.29 is 18.6 Å². The van der Waals surface area contributed by atoms with Crippen LogP contribution in [0.4, 0.5) is 5.69 Å². The first kappa shape index (κ1) is 21.4. The number of esters is 1. The van der Waals surface area contributed by atoms with Gasteiger partial charge in [-0.05, 0) is 45.4 Å². The molecule has 146 valence electrons. The van der Waals surface area contributed by atoms with Gasteiger partial charge in [0.1, 0.15) is 0 Å². The van der Waals surface area contributed by atoms with Crippen molar-refractivity contribution in [1.29, 1.82) is 0 Å². The predicted octanol–water partition coefficient (Wildman–Crippen LogP) is 6.11. The molecule has 2 aromatic carbocycles. The van der Waals surface area contributed by atoms with E-state index in [4.69, 9.17) is 18.5 Å². The molecule has 0 aromatic heterocycles. The highest BCUT2D eigenvalue weighted by Crippen LogP contribution is 2.67. The summed E-state index contributed by atoms with van der Waals surface area (Å²) in [5, 5.41) is 0. The lowest BCUT2D eigenvalue weighted by atomic mass is 10.1. The van der Waals surface area contributed by atoms with Gasteiger partial charge in [-0.25, -0.2) is 4.74 Å². The highest BCUT2D eigenvalue weighted by atomic mass is 31.2. The van der Waals surface area contributed by atoms with Gasteiger partial charge in [0, 0.05) is 0 Å². The summed E-state index contributed by atoms with van der Waals surface area (Å²) < 4.78 is 22.7. The largest absolute Gasteiger partial charge is 0.468 e. The van der Waals surface area contributed by atoms with Crippen molar-refractivity contribution in [3.05, 3.63) is 66.2 Å². The van der Waals surface area contributed by atoms with Crippen molar-refractivity contribution >= 4 is 19.2 Å². The first-order valence-electron chi connectivity index (χ1n) is 9.04. The molecule has 1 atom stereocenters. The summed E-state index contributed by atoms with van der Waals surface area (Å²) in [5.41, 5.74) is 0.698. The minimum Gasteiger partial charge on any atom is -0.468 e. The fourth-order valence-corrected chi connectivity index (χ4v) is 5.80. The molecule has 0 amide bonds. The van der Waals surface area contributed by atoms with Crippen LogP contribution in [-0.4, -0.2) is 25.3 Å². The van der Waals surface area contributed by atoms with Gasteiger partial charge in [-0.1, -0.05) is 48.5 Å². The lowest BCUT2D eigenvalue weighted by Gasteiger charge is -2.33. The Labute approximate surface area is 161 Å². The molecule has 2 aromatic rings. The number of benzene rings is 2. The summed E-state index contributed by atoms with van der Waals surface area (Å²) in [4.78, 5) is 12.9. The van der Waals surface area contributed by atoms with E-state index in [1.807, 2.05) is 88.4 Å². The van der Waals surface area contributed by atoms with Crippen LogP contribution in [0.5, 0.6) is 0 Å². The van der Waals surface area contributed by atoms with Gasteiger partial charge in [0.15, 0.2) is 5.66 Å². The summed E-state index contributed by atoms with van der Waals surface area (Å²) in [6.07, 6.45) is -0.360. The fourth-order valence-electron chi connectivity index (χ4n) is 2.72. The molecule has 27 heavy (non-hydrogen) atoms. The Morgan fingerprint density at radius 3 is 1.78 bits per heavy atom. The first-order chi connectivity index (χ1) is 12.9. The van der Waals surface area contributed by atoms with Crippen molar-refractivity contribution in [1.82, 2.24) is 0 Å². The van der Waals surface area contributed by atoms with Crippen LogP contribution in [0.2, 0.25) is 0 Å². The maximum Gasteiger partial charge on any atom is 0.323 e. The second-order valence-electron chi connectivity index (χ2n) is 6.64. The van der Waals surface area contributed by atoms with E-state index in [0.29, 0.717) is 5.69 Å². The van der Waals surface area contributed by atoms with Crippen molar-refractivity contribution in [2.45, 2.75) is 45.6 Å². The number of hydrogen-bond donors (Lipinski definition) is 0. The van der Waals surface area contributed by atoms with Gasteiger partial charge in [-0.2, -0.15) is 0 Å². The molecule has 2 rings (SSSR count). The number of carbonyl (C=O) groups excluding carboxylic acids is 1. The summed E-state index contributed by atoms with van der Waals surface area (Å²) in [6.45, 7) is 7.66. The summed E-state index contributed by atoms with van der Waals surface area (Å²) in [5.74, 6) is -0.421. The van der Waals surface area contributed by atoms with Crippen molar-refractivity contribution in [2.75, 3.05) is 7.11 Å². The van der Waals surface area contributed by atoms with Gasteiger partial charge in [-0.15, -0.1) is 0 Å². The second kappa shape index (κ2) is 9.84. The number of hydrogen-bond acceptors (Lipinski definition) is 5. The number of nitrogens with zero attached hydrogens (tertiary/aromatic N) is 1. The average molecular weight is 389 g/mol. The maximum atomic E-state index is 12.9. The molecule has 0 aliphatic rings. The van der Waals surface area contributed by atoms with Crippen LogP contribution in [0.15, 0.2) is 65.4 Å². The van der Waals surface area contributed by atoms with Crippen molar-refractivity contribution in [3.63, 3.8) is 0 Å². The van der Waals surface area contributed by atoms with Gasteiger partial charge < -0.3 is 13.8 Å². The Hall–Kier alpha value is -1.94. The molecule has 0 aliphatic heterocycles. The zero-order chi connectivity index (χ0) is 19.9. The topological polar surface area (TPSA) is 57.1 Å². The molecule has 0 fully saturated rings. The minimum atomic E-state index is -3.08. The SMILES string of the molecule is COC(=O)C(c1ccccc1)P(=Nc1ccccc1)(OC(C)C)OC(C)C. The van der Waals surface area contributed by atoms with Crippen molar-refractivity contribution in [2.24, 2.45) is 4.74 Å². The zero-order valence-corrected chi connectivity index (χ0v) is 17.4. The van der Waals surface area contributed by atoms with Gasteiger partial charge in [0.25, 0.3) is 0 Å². The predicted molar refractivity (Wildman–Crippen MR) is 109 cm³/mol. The maximum absolute atomic E-state index is 12.9. The molecule has 0 aliphatic carbocycles. The van der Waals surface area contributed by atoms with E-state index in [1.54, 1.807) is 0 Å². The monoisotopic (exact) mass is 389 g/mol. The number of carbonyl (C=O) groups is 1. The molecule has 0 bridgehead atoms. The Kier molecular flexibility index (Phi) is 7.78. The Balaban J connectivity index is 2.77. The van der Waals surface area contributed by atoms with Crippen LogP contribution in [-0.2, 0) is 18.6 Å². The molecule has 0 radical (unpaired) electrons. The van der Waals surface area contributed by atoms with E-state index >= 15 is 0 Å². The van der Waals surface area contributed by atoms with Crippen LogP contribution in [0, 0.1) is 0 Å². The molecule has 0 N–H and O–H groups in total. The highest BCUT2D eigenvalue weighted by molar-refractivity contribution is 7.58. The fraction of sp³-hybridized carbons (Fsp3) is 0.381. The molecule has 6 heteroatoms. The third-order valence-electron chi connectivity index (χ3n) is 3.60. The molecular formula is C21H28NO4P. The number of rotatable bonds is 8. The van der Waals surface area contributed by atoms with Gasteiger partial charge in [-0.3, -0.25) is 4.79 Å². The van der Waals surface area contributed by atoms with E-state index in [1.165, 1.54) is 7.11 Å². The molecule has 0 spiro atoms. The summed E-state index contributed by atoms with van der Waals surface area (Å²) in [7, 11) is -1.71. The third kappa shape index (κ3) is 5.77. The van der Waals surface area contributed by atoms with Gasteiger partial charge in [0.05, 0.1) is 25.0 Å². The molecule has 5 nitrogen and oxygen atoms in total. The van der Waals surface area contributed by atoms with Crippen LogP contribution < -0.4 is 0 Å². The first-order valence-corrected chi connectivity index (χ1v) is 10.7. The van der Waals surface area contributed by atoms with E-state index in [0.717, 1.165) is 5.56 Å². The third-order valence-corrected chi connectivity index (χ3v) is 6.72. The molecular weight excluding hydrogens is 361 g/mol. The number of ether oxygens (including phenoxy) is 1. The second-order valence-corrected chi connectivity index (χ2v) is 8.91. The quantitative estimate of drug-likeness (QED) is 0.403. The number of methoxy groups -OCH3 is 1. The van der Waals surface area contributed by atoms with E-state index in [2.05, 4.69) is 0 Å². The molecule has 0 saturated carbocycles. The normalized spacial score (nSPS) is 12.9. The van der Waals surface area contributed by atoms with E-state index in [9.17, 15) is 4.79 Å². The molecule has 0 heterocycles. The molecule has 1 unspecified atom stereocenters. The zero-order valence-electron chi connectivity index (χ0n) is 16.5. The van der Waals surface area contributed by atoms with Crippen LogP contribution in [0.1, 0.15) is 38.9 Å². The average Bonchev–Trinajstić information content (AvgIpc) is 2.62. The van der Waals surface area contributed by atoms with Crippen LogP contribution in [0.3, 0.4) is 0 Å². The summed E-state index contributed by atoms with van der Waals surface area (Å²) in [6, 6.07) is 18.9. The van der Waals surface area contributed by atoms with Gasteiger partial charge in [0.2, 0.25) is 7.51 Å². The highest BCUT2D eigenvalue weighted by Gasteiger charge is 2.42. The lowest BCUT2D eigenvalue weighted by Crippen LogP contribution is -2.21. The van der Waals surface area contributed by atoms with Gasteiger partial charge >= 0.3 is 5.97 Å². The Morgan fingerprint density at radius 1 is 0.852 bits per heavy atom. The smallest absolute Gasteiger partial charge is 0.323 e. The van der Waals surface area contributed by atoms with Crippen LogP contribution >= 0.6 is 7.51 Å². The van der Waals surface area contributed by atoms with E-state index in [-0.39, 0.29) is 12.2 Å². The Bertz CT molecular complexity index is 761. The Morgan fingerprint density at radius 2 is 1.33 bits per heavy atom. The van der Waals surface area contributed by atoms with Crippen LogP contribution in [0.25, 0.3) is 0 Å².